The van der Waals surface area contributed by atoms with E-state index < -0.39 is 0 Å². The molecule has 10 rings (SSSR count). The Bertz CT molecular complexity index is 2500. The van der Waals surface area contributed by atoms with Gasteiger partial charge in [-0.05, 0) is 113 Å². The summed E-state index contributed by atoms with van der Waals surface area (Å²) in [5.41, 5.74) is 19.3. The number of hydrogen-bond donors (Lipinski definition) is 0. The zero-order valence-corrected chi connectivity index (χ0v) is 32.9. The molecule has 0 saturated heterocycles. The first-order valence-corrected chi connectivity index (χ1v) is 19.9. The van der Waals surface area contributed by atoms with Crippen LogP contribution in [0.15, 0.2) is 101 Å². The van der Waals surface area contributed by atoms with Crippen LogP contribution < -0.4 is 26.4 Å². The van der Waals surface area contributed by atoms with E-state index in [2.05, 4.69) is 169 Å². The van der Waals surface area contributed by atoms with Gasteiger partial charge in [-0.1, -0.05) is 122 Å². The molecule has 0 N–H and O–H groups in total. The standard InChI is InChI=1S/C49H51BN2O/c1-30-25-39-42-40(26-30)52-44-36(48(8)23-15-16-24-49(48,52)9)28-33(47(5,6)7)29-37(44)50(42)45-43(34-19-13-14-20-41(34)53-45)51(39)38-22-21-32(46(2,3)4)27-35(38)31-17-11-10-12-18-31/h10-14,17-22,25-29H,15-16,23-24H2,1-9H3. The second-order valence-corrected chi connectivity index (χ2v) is 19.0. The molecule has 53 heavy (non-hydrogen) atoms. The van der Waals surface area contributed by atoms with Crippen LogP contribution in [-0.2, 0) is 16.2 Å². The summed E-state index contributed by atoms with van der Waals surface area (Å²) in [6.07, 6.45) is 4.93. The number of benzene rings is 5. The van der Waals surface area contributed by atoms with Gasteiger partial charge in [-0.25, -0.2) is 0 Å². The second kappa shape index (κ2) is 10.7. The molecule has 4 heterocycles. The van der Waals surface area contributed by atoms with Crippen LogP contribution in [0.2, 0.25) is 0 Å². The first-order chi connectivity index (χ1) is 25.2. The zero-order valence-electron chi connectivity index (χ0n) is 32.9. The maximum absolute atomic E-state index is 7.23. The van der Waals surface area contributed by atoms with E-state index in [1.165, 1.54) is 92.9 Å². The Morgan fingerprint density at radius 1 is 0.679 bits per heavy atom. The minimum atomic E-state index is -0.0338. The number of fused-ring (bicyclic) bond motifs is 9. The minimum Gasteiger partial charge on any atom is -0.468 e. The normalized spacial score (nSPS) is 21.4. The number of aryl methyl sites for hydroxylation is 1. The number of furan rings is 1. The highest BCUT2D eigenvalue weighted by molar-refractivity contribution is 7.00. The predicted molar refractivity (Wildman–Crippen MR) is 226 cm³/mol. The molecule has 3 aliphatic heterocycles. The van der Waals surface area contributed by atoms with E-state index in [0.29, 0.717) is 0 Å². The Labute approximate surface area is 316 Å². The molecule has 1 aliphatic carbocycles. The van der Waals surface area contributed by atoms with Gasteiger partial charge in [0.2, 0.25) is 0 Å². The lowest BCUT2D eigenvalue weighted by Gasteiger charge is -2.52. The summed E-state index contributed by atoms with van der Waals surface area (Å²) in [6.45, 7) is 21.5. The summed E-state index contributed by atoms with van der Waals surface area (Å²) in [5, 5.41) is 1.16. The second-order valence-electron chi connectivity index (χ2n) is 19.0. The summed E-state index contributed by atoms with van der Waals surface area (Å²) >= 11 is 0. The smallest absolute Gasteiger partial charge is 0.297 e. The molecule has 4 heteroatoms. The SMILES string of the molecule is Cc1cc2c3c(c1)N1c4c(cc(C(C)(C)C)cc4C4(C)CCCCC14C)B3c1oc3ccccc3c1N2c1ccc(C(C)(C)C)cc1-c1ccccc1. The molecule has 0 bridgehead atoms. The fraction of sp³-hybridized carbons (Fsp3) is 0.347. The fourth-order valence-electron chi connectivity index (χ4n) is 10.6. The van der Waals surface area contributed by atoms with Crippen molar-refractivity contribution in [3.63, 3.8) is 0 Å². The number of rotatable bonds is 2. The van der Waals surface area contributed by atoms with Gasteiger partial charge >= 0.3 is 0 Å². The Morgan fingerprint density at radius 2 is 1.38 bits per heavy atom. The van der Waals surface area contributed by atoms with E-state index >= 15 is 0 Å². The van der Waals surface area contributed by atoms with Gasteiger partial charge in [0.25, 0.3) is 6.71 Å². The van der Waals surface area contributed by atoms with Crippen LogP contribution in [0.25, 0.3) is 22.1 Å². The molecule has 0 spiro atoms. The van der Waals surface area contributed by atoms with Crippen LogP contribution in [0.5, 0.6) is 0 Å². The van der Waals surface area contributed by atoms with Crippen molar-refractivity contribution in [3.05, 3.63) is 119 Å². The Morgan fingerprint density at radius 3 is 2.13 bits per heavy atom. The third-order valence-corrected chi connectivity index (χ3v) is 13.7. The van der Waals surface area contributed by atoms with Crippen LogP contribution in [-0.4, -0.2) is 12.3 Å². The first kappa shape index (κ1) is 32.9. The molecule has 5 aromatic carbocycles. The highest BCUT2D eigenvalue weighted by Gasteiger charge is 2.62. The van der Waals surface area contributed by atoms with Crippen molar-refractivity contribution < 1.29 is 4.42 Å². The molecule has 0 radical (unpaired) electrons. The molecule has 6 aromatic rings. The van der Waals surface area contributed by atoms with E-state index in [-0.39, 0.29) is 28.5 Å². The van der Waals surface area contributed by atoms with Gasteiger partial charge in [0, 0.05) is 33.4 Å². The number of anilines is 5. The maximum Gasteiger partial charge on any atom is 0.297 e. The van der Waals surface area contributed by atoms with Crippen molar-refractivity contribution in [3.8, 4) is 11.1 Å². The third kappa shape index (κ3) is 4.36. The van der Waals surface area contributed by atoms with Crippen LogP contribution >= 0.6 is 0 Å². The Kier molecular flexibility index (Phi) is 6.65. The van der Waals surface area contributed by atoms with E-state index in [9.17, 15) is 0 Å². The van der Waals surface area contributed by atoms with Crippen LogP contribution in [0.1, 0.15) is 103 Å². The van der Waals surface area contributed by atoms with Crippen molar-refractivity contribution in [2.24, 2.45) is 0 Å². The van der Waals surface area contributed by atoms with E-state index in [1.807, 2.05) is 0 Å². The lowest BCUT2D eigenvalue weighted by molar-refractivity contribution is 0.195. The highest BCUT2D eigenvalue weighted by Crippen LogP contribution is 2.62. The molecule has 0 amide bonds. The van der Waals surface area contributed by atoms with Gasteiger partial charge in [-0.15, -0.1) is 0 Å². The molecule has 3 nitrogen and oxygen atoms in total. The minimum absolute atomic E-state index is 0.00750. The molecule has 1 aromatic heterocycles. The lowest BCUT2D eigenvalue weighted by atomic mass is 9.35. The molecular formula is C49H51BN2O. The molecule has 2 unspecified atom stereocenters. The summed E-state index contributed by atoms with van der Waals surface area (Å²) < 4.78 is 7.23. The van der Waals surface area contributed by atoms with E-state index in [4.69, 9.17) is 4.42 Å². The molecule has 2 atom stereocenters. The average molecular weight is 695 g/mol. The van der Waals surface area contributed by atoms with Crippen molar-refractivity contribution in [2.45, 2.75) is 110 Å². The Hall–Kier alpha value is -4.70. The molecule has 266 valence electrons. The number of nitrogens with zero attached hydrogens (tertiary/aromatic N) is 2. The van der Waals surface area contributed by atoms with Crippen molar-refractivity contribution in [1.82, 2.24) is 0 Å². The summed E-state index contributed by atoms with van der Waals surface area (Å²) in [4.78, 5) is 5.41. The van der Waals surface area contributed by atoms with Gasteiger partial charge in [-0.2, -0.15) is 0 Å². The molecule has 1 fully saturated rings. The molecule has 4 aliphatic rings. The van der Waals surface area contributed by atoms with Gasteiger partial charge in [0.15, 0.2) is 0 Å². The summed E-state index contributed by atoms with van der Waals surface area (Å²) in [6, 6.07) is 37.0. The summed E-state index contributed by atoms with van der Waals surface area (Å²) in [5.74, 6) is 0. The quantitative estimate of drug-likeness (QED) is 0.168. The van der Waals surface area contributed by atoms with Gasteiger partial charge in [-0.3, -0.25) is 0 Å². The van der Waals surface area contributed by atoms with Gasteiger partial charge in [0.1, 0.15) is 5.58 Å². The lowest BCUT2D eigenvalue weighted by Crippen LogP contribution is -2.64. The number of hydrogen-bond acceptors (Lipinski definition) is 3. The van der Waals surface area contributed by atoms with Gasteiger partial charge in [0.05, 0.1) is 22.6 Å². The van der Waals surface area contributed by atoms with Crippen molar-refractivity contribution in [1.29, 1.82) is 0 Å². The predicted octanol–water partition coefficient (Wildman–Crippen LogP) is 11.4. The zero-order chi connectivity index (χ0) is 36.8. The van der Waals surface area contributed by atoms with Crippen LogP contribution in [0.4, 0.5) is 28.4 Å². The largest absolute Gasteiger partial charge is 0.468 e. The first-order valence-electron chi connectivity index (χ1n) is 19.9. The highest BCUT2D eigenvalue weighted by atomic mass is 16.3. The molecular weight excluding hydrogens is 643 g/mol. The fourth-order valence-corrected chi connectivity index (χ4v) is 10.6. The van der Waals surface area contributed by atoms with E-state index in [0.717, 1.165) is 16.6 Å². The van der Waals surface area contributed by atoms with Crippen LogP contribution in [0, 0.1) is 6.92 Å². The van der Waals surface area contributed by atoms with E-state index in [1.54, 1.807) is 5.56 Å². The number of para-hydroxylation sites is 1. The summed E-state index contributed by atoms with van der Waals surface area (Å²) in [7, 11) is 0. The topological polar surface area (TPSA) is 19.6 Å². The monoisotopic (exact) mass is 694 g/mol. The average Bonchev–Trinajstić information content (AvgIpc) is 3.60. The van der Waals surface area contributed by atoms with Gasteiger partial charge < -0.3 is 14.2 Å². The van der Waals surface area contributed by atoms with Crippen molar-refractivity contribution in [2.75, 3.05) is 9.80 Å². The molecule has 1 saturated carbocycles. The maximum atomic E-state index is 7.23. The van der Waals surface area contributed by atoms with Crippen LogP contribution in [0.3, 0.4) is 0 Å². The van der Waals surface area contributed by atoms with Crippen molar-refractivity contribution >= 4 is 62.7 Å². The Balaban J connectivity index is 1.35. The third-order valence-electron chi connectivity index (χ3n) is 13.7.